The maximum absolute atomic E-state index is 10.1. The van der Waals surface area contributed by atoms with Crippen molar-refractivity contribution in [1.29, 1.82) is 0 Å². The van der Waals surface area contributed by atoms with Crippen LogP contribution in [-0.2, 0) is 31.0 Å². The van der Waals surface area contributed by atoms with E-state index >= 15 is 0 Å². The number of rotatable bonds is 2. The fraction of sp³-hybridized carbons (Fsp3) is 0.200. The Morgan fingerprint density at radius 3 is 2.08 bits per heavy atom. The fourth-order valence-electron chi connectivity index (χ4n) is 0.692. The van der Waals surface area contributed by atoms with Crippen molar-refractivity contribution in [3.05, 3.63) is 42.3 Å². The summed E-state index contributed by atoms with van der Waals surface area (Å²) in [6.45, 7) is 4.00. The summed E-state index contributed by atoms with van der Waals surface area (Å²) >= 11 is 0. The molecule has 0 atom stereocenters. The van der Waals surface area contributed by atoms with Crippen LogP contribution in [0, 0.1) is 6.42 Å². The van der Waals surface area contributed by atoms with Gasteiger partial charge in [0.15, 0.2) is 0 Å². The summed E-state index contributed by atoms with van der Waals surface area (Å²) in [4.78, 5) is 10.1. The van der Waals surface area contributed by atoms with Crippen molar-refractivity contribution in [3.8, 4) is 0 Å². The quantitative estimate of drug-likeness (QED) is 0.825. The van der Waals surface area contributed by atoms with Crippen LogP contribution in [0.5, 0.6) is 0 Å². The molecule has 0 aliphatic heterocycles. The van der Waals surface area contributed by atoms with E-state index in [1.54, 1.807) is 24.3 Å². The van der Waals surface area contributed by atoms with Crippen LogP contribution in [0.4, 0.5) is 0 Å². The van der Waals surface area contributed by atoms with Gasteiger partial charge in [-0.2, -0.15) is 17.7 Å². The molecule has 1 aromatic carbocycles. The Hall–Kier alpha value is -0.557. The van der Waals surface area contributed by atoms with Gasteiger partial charge in [-0.3, -0.25) is 4.79 Å². The summed E-state index contributed by atoms with van der Waals surface area (Å²) in [6, 6.07) is 8.94. The van der Waals surface area contributed by atoms with Crippen LogP contribution < -0.4 is 0 Å². The predicted molar refractivity (Wildman–Crippen MR) is 48.8 cm³/mol. The van der Waals surface area contributed by atoms with Gasteiger partial charge in [-0.15, -0.1) is 12.1 Å². The molecular weight excluding hydrogens is 243 g/mol. The van der Waals surface area contributed by atoms with E-state index in [9.17, 15) is 4.79 Å². The van der Waals surface area contributed by atoms with E-state index in [0.717, 1.165) is 5.56 Å². The van der Waals surface area contributed by atoms with Gasteiger partial charge < -0.3 is 5.11 Å². The normalized spacial score (nSPS) is 7.23. The molecule has 1 rings (SSSR count). The number of aliphatic carboxylic acids is 1. The smallest absolute Gasteiger partial charge is 0.272 e. The van der Waals surface area contributed by atoms with Crippen LogP contribution in [0.1, 0.15) is 19.4 Å². The molecule has 1 aromatic rings. The van der Waals surface area contributed by atoms with Crippen molar-refractivity contribution in [2.45, 2.75) is 13.8 Å². The molecule has 0 aromatic heterocycles. The topological polar surface area (TPSA) is 37.3 Å². The monoisotopic (exact) mass is 255 g/mol. The van der Waals surface area contributed by atoms with Gasteiger partial charge in [0, 0.05) is 26.2 Å². The molecule has 0 bridgehead atoms. The second-order valence-corrected chi connectivity index (χ2v) is 1.89. The third-order valence-corrected chi connectivity index (χ3v) is 1.09. The standard InChI is InChI=1S/C8H7O2.C2H6.Zr/c9-8(10)6-7-4-2-1-3-5-7;1-2;/h1-6H,(H,9,10);1-2H3;/q-1;;. The number of carbonyl (C=O) groups is 1. The minimum absolute atomic E-state index is 0. The molecule has 13 heavy (non-hydrogen) atoms. The SMILES string of the molecule is CC.O=C(O)[CH-]c1ccccc1.[Zr]. The van der Waals surface area contributed by atoms with E-state index in [1.807, 2.05) is 19.9 Å². The fourth-order valence-corrected chi connectivity index (χ4v) is 0.692. The molecule has 0 spiro atoms. The molecule has 0 saturated heterocycles. The third-order valence-electron chi connectivity index (χ3n) is 1.09. The summed E-state index contributed by atoms with van der Waals surface area (Å²) < 4.78 is 0. The first-order valence-corrected chi connectivity index (χ1v) is 3.92. The second kappa shape index (κ2) is 9.53. The molecular formula is C10H13O2Zr-. The number of hydrogen-bond acceptors (Lipinski definition) is 1. The first kappa shape index (κ1) is 14.9. The molecule has 70 valence electrons. The van der Waals surface area contributed by atoms with Crippen LogP contribution in [0.3, 0.4) is 0 Å². The molecule has 0 radical (unpaired) electrons. The van der Waals surface area contributed by atoms with Gasteiger partial charge in [-0.25, -0.2) is 0 Å². The average Bonchev–Trinajstić information content (AvgIpc) is 2.08. The van der Waals surface area contributed by atoms with Gasteiger partial charge in [0.2, 0.25) is 0 Å². The number of hydrogen-bond donors (Lipinski definition) is 1. The van der Waals surface area contributed by atoms with Gasteiger partial charge in [0.05, 0.1) is 0 Å². The van der Waals surface area contributed by atoms with E-state index < -0.39 is 5.97 Å². The largest absolute Gasteiger partial charge is 0.487 e. The zero-order valence-electron chi connectivity index (χ0n) is 7.82. The maximum Gasteiger partial charge on any atom is 0.272 e. The Bertz CT molecular complexity index is 222. The summed E-state index contributed by atoms with van der Waals surface area (Å²) in [5.41, 5.74) is 0.718. The molecule has 0 unspecified atom stereocenters. The van der Waals surface area contributed by atoms with Crippen molar-refractivity contribution in [2.24, 2.45) is 0 Å². The zero-order chi connectivity index (χ0) is 9.40. The van der Waals surface area contributed by atoms with Crippen LogP contribution in [0.2, 0.25) is 0 Å². The predicted octanol–water partition coefficient (Wildman–Crippen LogP) is 2.35. The van der Waals surface area contributed by atoms with Crippen LogP contribution >= 0.6 is 0 Å². The number of benzene rings is 1. The van der Waals surface area contributed by atoms with Crippen LogP contribution in [0.15, 0.2) is 30.3 Å². The van der Waals surface area contributed by atoms with E-state index in [-0.39, 0.29) is 26.2 Å². The minimum atomic E-state index is -0.911. The molecule has 3 heteroatoms. The summed E-state index contributed by atoms with van der Waals surface area (Å²) in [6.07, 6.45) is 1.17. The minimum Gasteiger partial charge on any atom is -0.487 e. The van der Waals surface area contributed by atoms with E-state index in [1.165, 1.54) is 6.42 Å². The van der Waals surface area contributed by atoms with E-state index in [0.29, 0.717) is 0 Å². The Labute approximate surface area is 98.1 Å². The Kier molecular flexibility index (Phi) is 11.0. The van der Waals surface area contributed by atoms with Crippen LogP contribution in [-0.4, -0.2) is 11.1 Å². The summed E-state index contributed by atoms with van der Waals surface area (Å²) in [7, 11) is 0. The molecule has 2 nitrogen and oxygen atoms in total. The third kappa shape index (κ3) is 7.79. The van der Waals surface area contributed by atoms with Crippen LogP contribution in [0.25, 0.3) is 0 Å². The Morgan fingerprint density at radius 1 is 1.23 bits per heavy atom. The summed E-state index contributed by atoms with van der Waals surface area (Å²) in [5.74, 6) is -0.911. The summed E-state index contributed by atoms with van der Waals surface area (Å²) in [5, 5.41) is 8.31. The van der Waals surface area contributed by atoms with Gasteiger partial charge in [0.25, 0.3) is 5.97 Å². The molecule has 1 N–H and O–H groups in total. The van der Waals surface area contributed by atoms with Gasteiger partial charge in [-0.05, 0) is 0 Å². The molecule has 0 amide bonds. The van der Waals surface area contributed by atoms with Crippen molar-refractivity contribution in [1.82, 2.24) is 0 Å². The molecule has 0 saturated carbocycles. The van der Waals surface area contributed by atoms with Crippen molar-refractivity contribution in [3.63, 3.8) is 0 Å². The Morgan fingerprint density at radius 2 is 1.69 bits per heavy atom. The molecule has 0 heterocycles. The van der Waals surface area contributed by atoms with Crippen molar-refractivity contribution in [2.75, 3.05) is 0 Å². The Balaban J connectivity index is 0. The zero-order valence-corrected chi connectivity index (χ0v) is 10.3. The second-order valence-electron chi connectivity index (χ2n) is 1.89. The molecule has 0 fully saturated rings. The molecule has 0 aliphatic carbocycles. The van der Waals surface area contributed by atoms with Gasteiger partial charge >= 0.3 is 0 Å². The van der Waals surface area contributed by atoms with Gasteiger partial charge in [-0.1, -0.05) is 26.3 Å². The van der Waals surface area contributed by atoms with Crippen molar-refractivity contribution >= 4 is 5.97 Å². The first-order chi connectivity index (χ1) is 5.79. The number of carboxylic acids is 1. The maximum atomic E-state index is 10.1. The number of carboxylic acid groups (broad SMARTS) is 1. The first-order valence-electron chi connectivity index (χ1n) is 3.92. The van der Waals surface area contributed by atoms with E-state index in [2.05, 4.69) is 0 Å². The average molecular weight is 256 g/mol. The van der Waals surface area contributed by atoms with Gasteiger partial charge in [0.1, 0.15) is 0 Å². The van der Waals surface area contributed by atoms with Crippen molar-refractivity contribution < 1.29 is 36.1 Å². The van der Waals surface area contributed by atoms with E-state index in [4.69, 9.17) is 5.11 Å². The molecule has 0 aliphatic rings.